The third kappa shape index (κ3) is 4.14. The minimum atomic E-state index is -0.170. The van der Waals surface area contributed by atoms with Crippen molar-refractivity contribution >= 4 is 55.0 Å². The number of hydrogen-bond acceptors (Lipinski definition) is 10. The fraction of sp³-hybridized carbons (Fsp3) is 0.500. The highest BCUT2D eigenvalue weighted by Crippen LogP contribution is 2.29. The Labute approximate surface area is 145 Å². The molecule has 1 atom stereocenters. The van der Waals surface area contributed by atoms with Crippen molar-refractivity contribution in [3.63, 3.8) is 0 Å². The van der Waals surface area contributed by atoms with Gasteiger partial charge in [-0.05, 0) is 6.42 Å². The van der Waals surface area contributed by atoms with E-state index in [0.717, 1.165) is 24.6 Å². The monoisotopic (exact) mass is 368 g/mol. The van der Waals surface area contributed by atoms with Gasteiger partial charge in [-0.2, -0.15) is 0 Å². The number of nitrogens with one attached hydrogen (secondary N) is 3. The second-order valence-electron chi connectivity index (χ2n) is 5.24. The largest absolute Gasteiger partial charge is 0.355 e. The van der Waals surface area contributed by atoms with Crippen LogP contribution in [-0.4, -0.2) is 51.3 Å². The predicted octanol–water partition coefficient (Wildman–Crippen LogP) is 0.997. The number of anilines is 4. The fourth-order valence-electron chi connectivity index (χ4n) is 2.25. The summed E-state index contributed by atoms with van der Waals surface area (Å²) in [4.78, 5) is 24.1. The lowest BCUT2D eigenvalue weighted by Crippen LogP contribution is -2.25. The van der Waals surface area contributed by atoms with E-state index in [1.165, 1.54) is 36.5 Å². The van der Waals surface area contributed by atoms with E-state index in [4.69, 9.17) is 0 Å². The first-order valence-corrected chi connectivity index (χ1v) is 8.86. The molecule has 0 aliphatic carbocycles. The van der Waals surface area contributed by atoms with E-state index in [1.54, 1.807) is 0 Å². The molecule has 3 N–H and O–H groups in total. The van der Waals surface area contributed by atoms with Gasteiger partial charge < -0.3 is 20.9 Å². The Morgan fingerprint density at radius 1 is 1.00 bits per heavy atom. The molecular formula is C12H16N8O2S2. The van der Waals surface area contributed by atoms with Gasteiger partial charge in [-0.1, -0.05) is 22.7 Å². The fourth-order valence-corrected chi connectivity index (χ4v) is 3.85. The number of aromatic nitrogens is 4. The summed E-state index contributed by atoms with van der Waals surface area (Å²) in [6, 6.07) is 0.205. The highest BCUT2D eigenvalue weighted by molar-refractivity contribution is 7.19. The molecule has 1 fully saturated rings. The molecule has 12 heteroatoms. The van der Waals surface area contributed by atoms with Crippen LogP contribution in [0.1, 0.15) is 20.3 Å². The topological polar surface area (TPSA) is 125 Å². The molecule has 0 spiro atoms. The number of hydrogen-bond donors (Lipinski definition) is 3. The van der Waals surface area contributed by atoms with Crippen LogP contribution in [0.5, 0.6) is 0 Å². The van der Waals surface area contributed by atoms with E-state index in [1.807, 2.05) is 0 Å². The molecule has 10 nitrogen and oxygen atoms in total. The van der Waals surface area contributed by atoms with E-state index in [0.29, 0.717) is 15.4 Å². The number of rotatable bonds is 5. The van der Waals surface area contributed by atoms with Crippen LogP contribution in [0.15, 0.2) is 0 Å². The van der Waals surface area contributed by atoms with Gasteiger partial charge in [-0.3, -0.25) is 9.59 Å². The molecular weight excluding hydrogens is 352 g/mol. The lowest BCUT2D eigenvalue weighted by molar-refractivity contribution is -0.115. The van der Waals surface area contributed by atoms with Crippen molar-refractivity contribution in [1.82, 2.24) is 20.4 Å². The Bertz CT molecular complexity index is 745. The predicted molar refractivity (Wildman–Crippen MR) is 92.7 cm³/mol. The summed E-state index contributed by atoms with van der Waals surface area (Å²) in [5, 5.41) is 27.0. The number of carbonyl (C=O) groups is 2. The first-order chi connectivity index (χ1) is 11.5. The van der Waals surface area contributed by atoms with Crippen molar-refractivity contribution in [3.05, 3.63) is 0 Å². The molecule has 0 unspecified atom stereocenters. The number of carbonyl (C=O) groups excluding carboxylic acids is 2. The minimum Gasteiger partial charge on any atom is -0.355 e. The van der Waals surface area contributed by atoms with E-state index >= 15 is 0 Å². The number of nitrogens with zero attached hydrogens (tertiary/aromatic N) is 5. The smallest absolute Gasteiger partial charge is 0.223 e. The zero-order valence-electron chi connectivity index (χ0n) is 13.1. The molecule has 0 aromatic carbocycles. The standard InChI is InChI=1S/C12H16N8O2S2/c1-6(21)13-9-16-17-11(23-9)15-8-3-4-20(5-8)12-19-18-10(24-12)14-7(2)22/h8H,3-5H2,1-2H3,(H,15,17)(H,13,16,21)(H,14,18,22)/t8-/m1/s1. The van der Waals surface area contributed by atoms with Crippen LogP contribution in [0.3, 0.4) is 0 Å². The van der Waals surface area contributed by atoms with E-state index in [-0.39, 0.29) is 17.9 Å². The van der Waals surface area contributed by atoms with E-state index < -0.39 is 0 Å². The zero-order chi connectivity index (χ0) is 17.1. The minimum absolute atomic E-state index is 0.162. The quantitative estimate of drug-likeness (QED) is 0.714. The van der Waals surface area contributed by atoms with Gasteiger partial charge in [0, 0.05) is 33.0 Å². The van der Waals surface area contributed by atoms with Crippen molar-refractivity contribution < 1.29 is 9.59 Å². The maximum absolute atomic E-state index is 11.0. The summed E-state index contributed by atoms with van der Waals surface area (Å²) in [6.45, 7) is 4.46. The molecule has 0 radical (unpaired) electrons. The van der Waals surface area contributed by atoms with E-state index in [9.17, 15) is 9.59 Å². The molecule has 0 saturated carbocycles. The summed E-state index contributed by atoms with van der Waals surface area (Å²) in [5.41, 5.74) is 0. The summed E-state index contributed by atoms with van der Waals surface area (Å²) in [5.74, 6) is -0.333. The first-order valence-electron chi connectivity index (χ1n) is 7.23. The van der Waals surface area contributed by atoms with Crippen LogP contribution in [0, 0.1) is 0 Å². The van der Waals surface area contributed by atoms with Gasteiger partial charge in [0.15, 0.2) is 0 Å². The molecule has 1 aliphatic rings. The van der Waals surface area contributed by atoms with Gasteiger partial charge in [0.25, 0.3) is 0 Å². The summed E-state index contributed by atoms with van der Waals surface area (Å²) in [6.07, 6.45) is 0.921. The maximum Gasteiger partial charge on any atom is 0.223 e. The van der Waals surface area contributed by atoms with Crippen molar-refractivity contribution in [2.45, 2.75) is 26.3 Å². The van der Waals surface area contributed by atoms with Crippen molar-refractivity contribution in [1.29, 1.82) is 0 Å². The van der Waals surface area contributed by atoms with Gasteiger partial charge in [0.2, 0.25) is 32.3 Å². The highest BCUT2D eigenvalue weighted by Gasteiger charge is 2.26. The molecule has 24 heavy (non-hydrogen) atoms. The third-order valence-electron chi connectivity index (χ3n) is 3.19. The Hall–Kier alpha value is -2.34. The van der Waals surface area contributed by atoms with Crippen LogP contribution in [-0.2, 0) is 9.59 Å². The maximum atomic E-state index is 11.0. The normalized spacial score (nSPS) is 16.9. The van der Waals surface area contributed by atoms with E-state index in [2.05, 4.69) is 41.2 Å². The molecule has 128 valence electrons. The average Bonchev–Trinajstić information content (AvgIpc) is 3.19. The lowest BCUT2D eigenvalue weighted by Gasteiger charge is -2.14. The van der Waals surface area contributed by atoms with Gasteiger partial charge in [0.1, 0.15) is 0 Å². The molecule has 3 rings (SSSR count). The SMILES string of the molecule is CC(=O)Nc1nnc(N[C@@H]2CCN(c3nnc(NC(C)=O)s3)C2)s1. The molecule has 3 heterocycles. The van der Waals surface area contributed by atoms with Crippen molar-refractivity contribution in [2.75, 3.05) is 33.9 Å². The molecule has 2 aromatic heterocycles. The molecule has 2 amide bonds. The Balaban J connectivity index is 1.55. The van der Waals surface area contributed by atoms with Crippen LogP contribution in [0.2, 0.25) is 0 Å². The third-order valence-corrected chi connectivity index (χ3v) is 4.86. The Kier molecular flexibility index (Phi) is 4.85. The van der Waals surface area contributed by atoms with Crippen LogP contribution in [0.4, 0.5) is 20.5 Å². The Morgan fingerprint density at radius 2 is 1.62 bits per heavy atom. The highest BCUT2D eigenvalue weighted by atomic mass is 32.1. The molecule has 1 aliphatic heterocycles. The summed E-state index contributed by atoms with van der Waals surface area (Å²) >= 11 is 2.65. The summed E-state index contributed by atoms with van der Waals surface area (Å²) < 4.78 is 0. The summed E-state index contributed by atoms with van der Waals surface area (Å²) in [7, 11) is 0. The molecule has 1 saturated heterocycles. The van der Waals surface area contributed by atoms with Crippen LogP contribution >= 0.6 is 22.7 Å². The van der Waals surface area contributed by atoms with Gasteiger partial charge in [-0.25, -0.2) is 0 Å². The van der Waals surface area contributed by atoms with Crippen molar-refractivity contribution in [3.8, 4) is 0 Å². The van der Waals surface area contributed by atoms with Gasteiger partial charge in [0.05, 0.1) is 0 Å². The van der Waals surface area contributed by atoms with Crippen LogP contribution in [0.25, 0.3) is 0 Å². The van der Waals surface area contributed by atoms with Gasteiger partial charge in [-0.15, -0.1) is 20.4 Å². The average molecular weight is 368 g/mol. The Morgan fingerprint density at radius 3 is 2.33 bits per heavy atom. The van der Waals surface area contributed by atoms with Gasteiger partial charge >= 0.3 is 0 Å². The lowest BCUT2D eigenvalue weighted by atomic mass is 10.3. The second kappa shape index (κ2) is 7.05. The first kappa shape index (κ1) is 16.5. The second-order valence-corrected chi connectivity index (χ2v) is 7.17. The van der Waals surface area contributed by atoms with Crippen LogP contribution < -0.4 is 20.9 Å². The number of amides is 2. The molecule has 0 bridgehead atoms. The molecule has 2 aromatic rings. The zero-order valence-corrected chi connectivity index (χ0v) is 14.7. The van der Waals surface area contributed by atoms with Crippen molar-refractivity contribution in [2.24, 2.45) is 0 Å².